The number of anilines is 1. The Bertz CT molecular complexity index is 721. The number of hydrogen-bond acceptors (Lipinski definition) is 5. The van der Waals surface area contributed by atoms with E-state index in [2.05, 4.69) is 40.0 Å². The Labute approximate surface area is 156 Å². The first kappa shape index (κ1) is 17.3. The van der Waals surface area contributed by atoms with Gasteiger partial charge in [0.1, 0.15) is 17.4 Å². The van der Waals surface area contributed by atoms with E-state index in [0.717, 1.165) is 37.0 Å². The molecule has 0 unspecified atom stereocenters. The third kappa shape index (κ3) is 3.98. The van der Waals surface area contributed by atoms with Crippen molar-refractivity contribution < 1.29 is 4.74 Å². The fourth-order valence-corrected chi connectivity index (χ4v) is 3.74. The van der Waals surface area contributed by atoms with Gasteiger partial charge in [0.05, 0.1) is 7.11 Å². The van der Waals surface area contributed by atoms with Crippen LogP contribution in [0.1, 0.15) is 43.0 Å². The second kappa shape index (κ2) is 7.62. The first-order valence-corrected chi connectivity index (χ1v) is 9.64. The van der Waals surface area contributed by atoms with Crippen molar-refractivity contribution >= 4 is 5.82 Å². The van der Waals surface area contributed by atoms with Crippen molar-refractivity contribution in [2.75, 3.05) is 32.1 Å². The van der Waals surface area contributed by atoms with Crippen LogP contribution >= 0.6 is 0 Å². The van der Waals surface area contributed by atoms with Crippen LogP contribution in [0.15, 0.2) is 36.5 Å². The van der Waals surface area contributed by atoms with E-state index in [0.29, 0.717) is 12.0 Å². The summed E-state index contributed by atoms with van der Waals surface area (Å²) in [5, 5.41) is 0. The van der Waals surface area contributed by atoms with Crippen LogP contribution in [0.25, 0.3) is 0 Å². The quantitative estimate of drug-likeness (QED) is 0.796. The van der Waals surface area contributed by atoms with Gasteiger partial charge >= 0.3 is 0 Å². The third-order valence-corrected chi connectivity index (χ3v) is 5.63. The van der Waals surface area contributed by atoms with Crippen molar-refractivity contribution in [1.29, 1.82) is 0 Å². The van der Waals surface area contributed by atoms with E-state index in [1.165, 1.54) is 31.2 Å². The van der Waals surface area contributed by atoms with Crippen LogP contribution in [-0.2, 0) is 6.54 Å². The van der Waals surface area contributed by atoms with Crippen molar-refractivity contribution in [2.45, 2.75) is 44.2 Å². The fourth-order valence-electron chi connectivity index (χ4n) is 3.74. The second-order valence-corrected chi connectivity index (χ2v) is 7.51. The zero-order chi connectivity index (χ0) is 17.9. The van der Waals surface area contributed by atoms with Gasteiger partial charge in [-0.3, -0.25) is 4.90 Å². The molecule has 0 radical (unpaired) electrons. The molecule has 0 bridgehead atoms. The van der Waals surface area contributed by atoms with E-state index in [4.69, 9.17) is 9.72 Å². The zero-order valence-corrected chi connectivity index (χ0v) is 15.8. The Morgan fingerprint density at radius 3 is 2.46 bits per heavy atom. The molecule has 1 saturated heterocycles. The van der Waals surface area contributed by atoms with Crippen molar-refractivity contribution in [3.8, 4) is 5.75 Å². The molecular weight excluding hydrogens is 324 g/mol. The Hall–Kier alpha value is -2.14. The molecule has 1 aliphatic heterocycles. The summed E-state index contributed by atoms with van der Waals surface area (Å²) in [5.41, 5.74) is 1.35. The highest BCUT2D eigenvalue weighted by molar-refractivity contribution is 5.38. The average Bonchev–Trinajstić information content (AvgIpc) is 3.54. The first-order chi connectivity index (χ1) is 12.7. The third-order valence-electron chi connectivity index (χ3n) is 5.63. The minimum atomic E-state index is 0.559. The molecule has 0 N–H and O–H groups in total. The highest BCUT2D eigenvalue weighted by Gasteiger charge is 2.28. The molecule has 2 fully saturated rings. The zero-order valence-electron chi connectivity index (χ0n) is 15.8. The molecule has 2 aromatic rings. The van der Waals surface area contributed by atoms with Gasteiger partial charge in [-0.15, -0.1) is 0 Å². The normalized spacial score (nSPS) is 18.7. The van der Waals surface area contributed by atoms with E-state index in [1.54, 1.807) is 7.11 Å². The van der Waals surface area contributed by atoms with Gasteiger partial charge in [0, 0.05) is 44.8 Å². The van der Waals surface area contributed by atoms with Crippen LogP contribution in [0.3, 0.4) is 0 Å². The highest BCUT2D eigenvalue weighted by Crippen LogP contribution is 2.38. The van der Waals surface area contributed by atoms with Crippen molar-refractivity contribution in [1.82, 2.24) is 14.9 Å². The summed E-state index contributed by atoms with van der Waals surface area (Å²) in [6, 6.07) is 11.0. The van der Waals surface area contributed by atoms with Gasteiger partial charge < -0.3 is 9.64 Å². The van der Waals surface area contributed by atoms with Crippen molar-refractivity contribution in [3.05, 3.63) is 47.9 Å². The van der Waals surface area contributed by atoms with Gasteiger partial charge in [-0.25, -0.2) is 9.97 Å². The lowest BCUT2D eigenvalue weighted by atomic mass is 10.0. The van der Waals surface area contributed by atoms with Crippen LogP contribution < -0.4 is 9.64 Å². The number of piperidine rings is 1. The van der Waals surface area contributed by atoms with E-state index in [1.807, 2.05) is 18.3 Å². The molecule has 5 nitrogen and oxygen atoms in total. The molecule has 0 atom stereocenters. The number of hydrogen-bond donors (Lipinski definition) is 0. The van der Waals surface area contributed by atoms with Gasteiger partial charge in [0.25, 0.3) is 0 Å². The predicted molar refractivity (Wildman–Crippen MR) is 104 cm³/mol. The smallest absolute Gasteiger partial charge is 0.133 e. The molecule has 1 aromatic carbocycles. The molecule has 4 rings (SSSR count). The maximum atomic E-state index is 5.24. The number of benzene rings is 1. The minimum absolute atomic E-state index is 0.559. The summed E-state index contributed by atoms with van der Waals surface area (Å²) < 4.78 is 5.24. The van der Waals surface area contributed by atoms with Gasteiger partial charge in [-0.05, 0) is 49.4 Å². The first-order valence-electron chi connectivity index (χ1n) is 9.64. The number of rotatable bonds is 6. The van der Waals surface area contributed by atoms with Crippen molar-refractivity contribution in [2.24, 2.45) is 0 Å². The summed E-state index contributed by atoms with van der Waals surface area (Å²) in [6.45, 7) is 3.27. The molecule has 0 spiro atoms. The number of methoxy groups -OCH3 is 1. The number of aromatic nitrogens is 2. The minimum Gasteiger partial charge on any atom is -0.497 e. The molecule has 1 aliphatic carbocycles. The Morgan fingerprint density at radius 1 is 1.08 bits per heavy atom. The number of ether oxygens (including phenoxy) is 1. The highest BCUT2D eigenvalue weighted by atomic mass is 16.5. The van der Waals surface area contributed by atoms with Crippen LogP contribution in [0, 0.1) is 0 Å². The molecule has 1 aromatic heterocycles. The lowest BCUT2D eigenvalue weighted by Gasteiger charge is -2.37. The van der Waals surface area contributed by atoms with E-state index in [-0.39, 0.29) is 0 Å². The van der Waals surface area contributed by atoms with Crippen LogP contribution in [0.5, 0.6) is 5.75 Å². The summed E-state index contributed by atoms with van der Waals surface area (Å²) in [7, 11) is 3.89. The SMILES string of the molecule is COc1ccc(CN2CCC(N(C)c3ccnc(C4CC4)n3)CC2)cc1. The Balaban J connectivity index is 1.31. The summed E-state index contributed by atoms with van der Waals surface area (Å²) >= 11 is 0. The molecule has 0 amide bonds. The molecular formula is C21H28N4O. The second-order valence-electron chi connectivity index (χ2n) is 7.51. The predicted octanol–water partition coefficient (Wildman–Crippen LogP) is 3.46. The Morgan fingerprint density at radius 2 is 1.81 bits per heavy atom. The lowest BCUT2D eigenvalue weighted by Crippen LogP contribution is -2.43. The van der Waals surface area contributed by atoms with E-state index < -0.39 is 0 Å². The van der Waals surface area contributed by atoms with Crippen LogP contribution in [0.2, 0.25) is 0 Å². The molecule has 2 heterocycles. The van der Waals surface area contributed by atoms with Gasteiger partial charge in [-0.2, -0.15) is 0 Å². The summed E-state index contributed by atoms with van der Waals surface area (Å²) in [6.07, 6.45) is 6.77. The van der Waals surface area contributed by atoms with Crippen LogP contribution in [0.4, 0.5) is 5.82 Å². The molecule has 5 heteroatoms. The summed E-state index contributed by atoms with van der Waals surface area (Å²) in [5.74, 6) is 3.64. The van der Waals surface area contributed by atoms with E-state index >= 15 is 0 Å². The number of likely N-dealkylation sites (tertiary alicyclic amines) is 1. The summed E-state index contributed by atoms with van der Waals surface area (Å²) in [4.78, 5) is 14.2. The van der Waals surface area contributed by atoms with Crippen molar-refractivity contribution in [3.63, 3.8) is 0 Å². The maximum absolute atomic E-state index is 5.24. The largest absolute Gasteiger partial charge is 0.497 e. The maximum Gasteiger partial charge on any atom is 0.133 e. The van der Waals surface area contributed by atoms with E-state index in [9.17, 15) is 0 Å². The molecule has 26 heavy (non-hydrogen) atoms. The lowest BCUT2D eigenvalue weighted by molar-refractivity contribution is 0.203. The van der Waals surface area contributed by atoms with Crippen LogP contribution in [-0.4, -0.2) is 48.2 Å². The average molecular weight is 352 g/mol. The number of nitrogens with zero attached hydrogens (tertiary/aromatic N) is 4. The van der Waals surface area contributed by atoms with Gasteiger partial charge in [0.2, 0.25) is 0 Å². The van der Waals surface area contributed by atoms with Gasteiger partial charge in [-0.1, -0.05) is 12.1 Å². The van der Waals surface area contributed by atoms with Gasteiger partial charge in [0.15, 0.2) is 0 Å². The standard InChI is InChI=1S/C21H28N4O/c1-24(20-9-12-22-21(23-20)17-5-6-17)18-10-13-25(14-11-18)15-16-3-7-19(26-2)8-4-16/h3-4,7-9,12,17-18H,5-6,10-11,13-15H2,1-2H3. The molecule has 1 saturated carbocycles. The Kier molecular flexibility index (Phi) is 5.07. The topological polar surface area (TPSA) is 41.5 Å². The fraction of sp³-hybridized carbons (Fsp3) is 0.524. The molecule has 138 valence electrons. The molecule has 2 aliphatic rings. The monoisotopic (exact) mass is 352 g/mol.